The number of ether oxygens (including phenoxy) is 2. The van der Waals surface area contributed by atoms with Crippen LogP contribution in [0.5, 0.6) is 11.5 Å². The van der Waals surface area contributed by atoms with E-state index in [0.29, 0.717) is 6.61 Å². The van der Waals surface area contributed by atoms with Crippen molar-refractivity contribution in [3.05, 3.63) is 36.4 Å². The molecule has 0 unspecified atom stereocenters. The summed E-state index contributed by atoms with van der Waals surface area (Å²) in [6.07, 6.45) is 2.52. The van der Waals surface area contributed by atoms with Crippen molar-refractivity contribution in [1.82, 2.24) is 0 Å². The number of methoxy groups -OCH3 is 1. The van der Waals surface area contributed by atoms with Crippen molar-refractivity contribution in [2.24, 2.45) is 0 Å². The Kier molecular flexibility index (Phi) is 6.91. The molecule has 3 N–H and O–H groups in total. The molecule has 0 saturated carbocycles. The van der Waals surface area contributed by atoms with E-state index >= 15 is 0 Å². The highest BCUT2D eigenvalue weighted by atomic mass is 16.5. The van der Waals surface area contributed by atoms with E-state index in [1.165, 1.54) is 5.56 Å². The van der Waals surface area contributed by atoms with Gasteiger partial charge in [-0.15, -0.1) is 0 Å². The number of hydrogen-bond donors (Lipinski definition) is 2. The van der Waals surface area contributed by atoms with Gasteiger partial charge < -0.3 is 19.9 Å². The van der Waals surface area contributed by atoms with Gasteiger partial charge in [0.15, 0.2) is 11.5 Å². The number of aliphatic hydroxyl groups is 1. The van der Waals surface area contributed by atoms with Crippen LogP contribution < -0.4 is 14.8 Å². The number of quaternary nitrogens is 1. The summed E-state index contributed by atoms with van der Waals surface area (Å²) in [4.78, 5) is 0. The van der Waals surface area contributed by atoms with Crippen LogP contribution in [0.25, 0.3) is 0 Å². The minimum absolute atomic E-state index is 0.244. The van der Waals surface area contributed by atoms with E-state index in [0.717, 1.165) is 31.0 Å². The lowest BCUT2D eigenvalue weighted by molar-refractivity contribution is -0.671. The van der Waals surface area contributed by atoms with Crippen molar-refractivity contribution in [3.63, 3.8) is 0 Å². The topological polar surface area (TPSA) is 55.3 Å². The molecule has 0 radical (unpaired) electrons. The third-order valence-electron chi connectivity index (χ3n) is 2.53. The molecule has 0 spiro atoms. The van der Waals surface area contributed by atoms with Crippen LogP contribution in [0.4, 0.5) is 0 Å². The Morgan fingerprint density at radius 1 is 1.39 bits per heavy atom. The second-order valence-electron chi connectivity index (χ2n) is 3.94. The SMILES string of the molecule is C=CCOc1ccc(C[NH2+]CCCO)cc1OC. The zero-order valence-corrected chi connectivity index (χ0v) is 10.9. The van der Waals surface area contributed by atoms with Gasteiger partial charge >= 0.3 is 0 Å². The Hall–Kier alpha value is -1.52. The first-order valence-electron chi connectivity index (χ1n) is 6.15. The van der Waals surface area contributed by atoms with Crippen LogP contribution in [0.3, 0.4) is 0 Å². The van der Waals surface area contributed by atoms with E-state index in [2.05, 4.69) is 11.9 Å². The van der Waals surface area contributed by atoms with E-state index in [4.69, 9.17) is 14.6 Å². The molecule has 0 fully saturated rings. The Balaban J connectivity index is 2.57. The smallest absolute Gasteiger partial charge is 0.161 e. The minimum atomic E-state index is 0.244. The van der Waals surface area contributed by atoms with Crippen LogP contribution in [0, 0.1) is 0 Å². The Bertz CT molecular complexity index is 366. The van der Waals surface area contributed by atoms with Gasteiger partial charge in [0.2, 0.25) is 0 Å². The molecule has 4 heteroatoms. The van der Waals surface area contributed by atoms with Gasteiger partial charge in [-0.1, -0.05) is 12.7 Å². The lowest BCUT2D eigenvalue weighted by atomic mass is 10.2. The quantitative estimate of drug-likeness (QED) is 0.502. The van der Waals surface area contributed by atoms with Crippen molar-refractivity contribution >= 4 is 0 Å². The first-order valence-corrected chi connectivity index (χ1v) is 6.15. The largest absolute Gasteiger partial charge is 0.493 e. The summed E-state index contributed by atoms with van der Waals surface area (Å²) in [5.41, 5.74) is 1.18. The highest BCUT2D eigenvalue weighted by Gasteiger charge is 2.06. The molecule has 0 aromatic heterocycles. The molecule has 0 amide bonds. The van der Waals surface area contributed by atoms with Crippen LogP contribution in [0.2, 0.25) is 0 Å². The number of nitrogens with two attached hydrogens (primary N) is 1. The average molecular weight is 252 g/mol. The Morgan fingerprint density at radius 2 is 2.22 bits per heavy atom. The molecule has 4 nitrogen and oxygen atoms in total. The van der Waals surface area contributed by atoms with Gasteiger partial charge in [0.1, 0.15) is 13.2 Å². The normalized spacial score (nSPS) is 10.1. The van der Waals surface area contributed by atoms with E-state index in [1.54, 1.807) is 13.2 Å². The molecule has 0 atom stereocenters. The van der Waals surface area contributed by atoms with Gasteiger partial charge in [-0.05, 0) is 18.2 Å². The third kappa shape index (κ3) is 4.77. The second kappa shape index (κ2) is 8.55. The highest BCUT2D eigenvalue weighted by Crippen LogP contribution is 2.27. The summed E-state index contributed by atoms with van der Waals surface area (Å²) in [6, 6.07) is 5.92. The second-order valence-corrected chi connectivity index (χ2v) is 3.94. The van der Waals surface area contributed by atoms with Crippen LogP contribution in [0.15, 0.2) is 30.9 Å². The summed E-state index contributed by atoms with van der Waals surface area (Å²) in [5, 5.41) is 10.9. The molecule has 1 aromatic carbocycles. The fraction of sp³-hybridized carbons (Fsp3) is 0.429. The molecule has 0 bridgehead atoms. The summed E-state index contributed by atoms with van der Waals surface area (Å²) < 4.78 is 10.8. The lowest BCUT2D eigenvalue weighted by Crippen LogP contribution is -2.82. The van der Waals surface area contributed by atoms with E-state index in [-0.39, 0.29) is 6.61 Å². The fourth-order valence-electron chi connectivity index (χ4n) is 1.61. The molecule has 0 aliphatic heterocycles. The van der Waals surface area contributed by atoms with E-state index in [1.807, 2.05) is 18.2 Å². The molecule has 100 valence electrons. The van der Waals surface area contributed by atoms with Gasteiger partial charge in [-0.25, -0.2) is 0 Å². The van der Waals surface area contributed by atoms with Crippen LogP contribution in [-0.4, -0.2) is 32.0 Å². The fourth-order valence-corrected chi connectivity index (χ4v) is 1.61. The zero-order valence-electron chi connectivity index (χ0n) is 10.9. The number of aliphatic hydroxyl groups excluding tert-OH is 1. The number of hydrogen-bond acceptors (Lipinski definition) is 3. The molecule has 18 heavy (non-hydrogen) atoms. The van der Waals surface area contributed by atoms with Gasteiger partial charge in [0.25, 0.3) is 0 Å². The molecule has 0 saturated heterocycles. The predicted octanol–water partition coefficient (Wildman–Crippen LogP) is 0.706. The number of benzene rings is 1. The Labute approximate surface area is 108 Å². The predicted molar refractivity (Wildman–Crippen MR) is 70.9 cm³/mol. The standard InChI is InChI=1S/C14H21NO3/c1-3-9-18-13-6-5-12(10-14(13)17-2)11-15-7-4-8-16/h3,5-6,10,15-16H,1,4,7-9,11H2,2H3/p+1. The zero-order chi connectivity index (χ0) is 13.2. The summed E-state index contributed by atoms with van der Waals surface area (Å²) in [5.74, 6) is 1.47. The molecule has 1 rings (SSSR count). The molecular weight excluding hydrogens is 230 g/mol. The van der Waals surface area contributed by atoms with Crippen molar-refractivity contribution in [2.75, 3.05) is 26.9 Å². The van der Waals surface area contributed by atoms with E-state index < -0.39 is 0 Å². The van der Waals surface area contributed by atoms with Crippen molar-refractivity contribution in [3.8, 4) is 11.5 Å². The Morgan fingerprint density at radius 3 is 2.89 bits per heavy atom. The van der Waals surface area contributed by atoms with Crippen LogP contribution >= 0.6 is 0 Å². The van der Waals surface area contributed by atoms with Crippen molar-refractivity contribution in [2.45, 2.75) is 13.0 Å². The lowest BCUT2D eigenvalue weighted by Gasteiger charge is -2.10. The highest BCUT2D eigenvalue weighted by molar-refractivity contribution is 5.42. The molecule has 0 aliphatic carbocycles. The van der Waals surface area contributed by atoms with Crippen molar-refractivity contribution in [1.29, 1.82) is 0 Å². The monoisotopic (exact) mass is 252 g/mol. The van der Waals surface area contributed by atoms with Crippen LogP contribution in [0.1, 0.15) is 12.0 Å². The average Bonchev–Trinajstić information content (AvgIpc) is 2.41. The molecule has 0 heterocycles. The van der Waals surface area contributed by atoms with Crippen LogP contribution in [-0.2, 0) is 6.54 Å². The molecule has 1 aromatic rings. The van der Waals surface area contributed by atoms with Gasteiger partial charge in [0, 0.05) is 18.6 Å². The van der Waals surface area contributed by atoms with Gasteiger partial charge in [-0.3, -0.25) is 0 Å². The molecule has 0 aliphatic rings. The van der Waals surface area contributed by atoms with E-state index in [9.17, 15) is 0 Å². The van der Waals surface area contributed by atoms with Gasteiger partial charge in [-0.2, -0.15) is 0 Å². The first kappa shape index (κ1) is 14.5. The summed E-state index contributed by atoms with van der Waals surface area (Å²) in [6.45, 7) is 6.13. The van der Waals surface area contributed by atoms with Gasteiger partial charge in [0.05, 0.1) is 13.7 Å². The third-order valence-corrected chi connectivity index (χ3v) is 2.53. The number of rotatable bonds is 9. The summed E-state index contributed by atoms with van der Waals surface area (Å²) in [7, 11) is 1.63. The summed E-state index contributed by atoms with van der Waals surface area (Å²) >= 11 is 0. The maximum absolute atomic E-state index is 8.70. The first-order chi connectivity index (χ1) is 8.81. The molecular formula is C14H22NO3+. The minimum Gasteiger partial charge on any atom is -0.493 e. The maximum atomic E-state index is 8.70. The maximum Gasteiger partial charge on any atom is 0.161 e. The van der Waals surface area contributed by atoms with Crippen molar-refractivity contribution < 1.29 is 19.9 Å².